The molecule has 9 nitrogen and oxygen atoms in total. The van der Waals surface area contributed by atoms with Crippen molar-refractivity contribution in [3.63, 3.8) is 0 Å². The van der Waals surface area contributed by atoms with Gasteiger partial charge in [0.1, 0.15) is 17.6 Å². The van der Waals surface area contributed by atoms with Gasteiger partial charge in [-0.3, -0.25) is 14.4 Å². The molecule has 0 radical (unpaired) electrons. The summed E-state index contributed by atoms with van der Waals surface area (Å²) >= 11 is 6.15. The van der Waals surface area contributed by atoms with E-state index in [1.807, 2.05) is 41.8 Å². The average Bonchev–Trinajstić information content (AvgIpc) is 3.24. The van der Waals surface area contributed by atoms with Crippen LogP contribution in [0.1, 0.15) is 40.8 Å². The summed E-state index contributed by atoms with van der Waals surface area (Å²) in [5, 5.41) is 31.9. The van der Waals surface area contributed by atoms with Gasteiger partial charge in [-0.2, -0.15) is 0 Å². The third kappa shape index (κ3) is 4.92. The minimum Gasteiger partial charge on any atom is -0.504 e. The molecule has 0 aliphatic carbocycles. The van der Waals surface area contributed by atoms with Crippen LogP contribution in [-0.4, -0.2) is 50.3 Å². The second kappa shape index (κ2) is 10.5. The number of methoxy groups -OCH3 is 1. The van der Waals surface area contributed by atoms with E-state index in [4.69, 9.17) is 21.3 Å². The number of aromatic nitrogens is 3. The van der Waals surface area contributed by atoms with Crippen molar-refractivity contribution in [2.75, 3.05) is 13.7 Å². The van der Waals surface area contributed by atoms with E-state index in [1.54, 1.807) is 31.4 Å². The molecule has 1 aliphatic rings. The van der Waals surface area contributed by atoms with Crippen LogP contribution in [0.4, 0.5) is 0 Å². The van der Waals surface area contributed by atoms with Crippen LogP contribution in [0.5, 0.6) is 17.2 Å². The van der Waals surface area contributed by atoms with Gasteiger partial charge in [0.15, 0.2) is 17.3 Å². The summed E-state index contributed by atoms with van der Waals surface area (Å²) in [6.45, 7) is 2.14. The molecule has 0 spiro atoms. The first kappa shape index (κ1) is 25.3. The Kier molecular flexibility index (Phi) is 7.02. The van der Waals surface area contributed by atoms with E-state index in [2.05, 4.69) is 15.5 Å². The van der Waals surface area contributed by atoms with Gasteiger partial charge in [-0.25, -0.2) is 0 Å². The van der Waals surface area contributed by atoms with Crippen molar-refractivity contribution in [3.8, 4) is 22.9 Å². The van der Waals surface area contributed by atoms with E-state index in [0.29, 0.717) is 40.1 Å². The Labute approximate surface area is 224 Å². The van der Waals surface area contributed by atoms with Crippen molar-refractivity contribution in [2.45, 2.75) is 25.8 Å². The summed E-state index contributed by atoms with van der Waals surface area (Å²) in [4.78, 5) is 18.1. The normalized spacial score (nSPS) is 14.2. The second-order valence-electron chi connectivity index (χ2n) is 8.91. The van der Waals surface area contributed by atoms with Crippen LogP contribution in [0.3, 0.4) is 0 Å². The van der Waals surface area contributed by atoms with Crippen LogP contribution in [-0.2, 0) is 11.2 Å². The number of rotatable bonds is 7. The van der Waals surface area contributed by atoms with E-state index in [-0.39, 0.29) is 30.4 Å². The average molecular weight is 532 g/mol. The summed E-state index contributed by atoms with van der Waals surface area (Å²) in [6.07, 6.45) is 0.392. The minimum atomic E-state index is -0.616. The zero-order valence-electron chi connectivity index (χ0n) is 20.8. The maximum absolute atomic E-state index is 13.1. The highest BCUT2D eigenvalue weighted by molar-refractivity contribution is 6.30. The van der Waals surface area contributed by atoms with Gasteiger partial charge in [0.25, 0.3) is 0 Å². The van der Waals surface area contributed by atoms with E-state index in [9.17, 15) is 15.0 Å². The fourth-order valence-electron chi connectivity index (χ4n) is 4.54. The fourth-order valence-corrected chi connectivity index (χ4v) is 4.67. The lowest BCUT2D eigenvalue weighted by Gasteiger charge is -2.14. The van der Waals surface area contributed by atoms with Gasteiger partial charge in [-0.15, -0.1) is 10.2 Å². The molecule has 1 aromatic heterocycles. The number of hydrogen-bond acceptors (Lipinski definition) is 7. The van der Waals surface area contributed by atoms with Crippen molar-refractivity contribution < 1.29 is 19.7 Å². The molecule has 0 saturated heterocycles. The lowest BCUT2D eigenvalue weighted by molar-refractivity contribution is -0.121. The van der Waals surface area contributed by atoms with Crippen molar-refractivity contribution in [1.82, 2.24) is 20.1 Å². The van der Waals surface area contributed by atoms with Gasteiger partial charge < -0.3 is 20.3 Å². The number of nitrogens with one attached hydrogen (secondary N) is 1. The second-order valence-corrected chi connectivity index (χ2v) is 9.35. The smallest absolute Gasteiger partial charge is 0.222 e. The molecule has 1 amide bonds. The van der Waals surface area contributed by atoms with Crippen molar-refractivity contribution in [2.24, 2.45) is 4.99 Å². The van der Waals surface area contributed by atoms with E-state index in [1.165, 1.54) is 6.07 Å². The molecule has 3 N–H and O–H groups in total. The highest BCUT2D eigenvalue weighted by atomic mass is 35.5. The highest BCUT2D eigenvalue weighted by Gasteiger charge is 2.30. The highest BCUT2D eigenvalue weighted by Crippen LogP contribution is 2.34. The molecule has 0 fully saturated rings. The lowest BCUT2D eigenvalue weighted by atomic mass is 10.00. The third-order valence-electron chi connectivity index (χ3n) is 6.44. The zero-order chi connectivity index (χ0) is 26.8. The van der Waals surface area contributed by atoms with Crippen LogP contribution in [0.25, 0.3) is 5.69 Å². The summed E-state index contributed by atoms with van der Waals surface area (Å²) in [5.74, 6) is 1.29. The molecule has 1 atom stereocenters. The molecule has 0 unspecified atom stereocenters. The number of fused-ring (bicyclic) bond motifs is 3. The Morgan fingerprint density at radius 2 is 1.89 bits per heavy atom. The molecule has 5 rings (SSSR count). The van der Waals surface area contributed by atoms with E-state index >= 15 is 0 Å². The van der Waals surface area contributed by atoms with Crippen molar-refractivity contribution >= 4 is 23.2 Å². The Hall–Kier alpha value is -4.37. The number of aromatic hydroxyl groups is 2. The summed E-state index contributed by atoms with van der Waals surface area (Å²) < 4.78 is 7.42. The number of phenols is 2. The number of ether oxygens (including phenoxy) is 1. The number of carbonyl (C=O) groups is 1. The predicted octanol–water partition coefficient (Wildman–Crippen LogP) is 4.29. The molecule has 10 heteroatoms. The standard InChI is InChI=1S/C28H26ClN5O4/c1-16-32-33-28-22(15-25(36)30-13-12-18-4-3-5-24(35)27(18)37)31-26(17-6-8-19(29)9-7-17)21-14-20(38-2)10-11-23(21)34(16)28/h3-11,14,22,35,37H,12-13,15H2,1-2H3,(H,30,36)/t22-/m0/s1. The third-order valence-corrected chi connectivity index (χ3v) is 6.70. The number of halogens is 1. The maximum atomic E-state index is 13.1. The zero-order valence-corrected chi connectivity index (χ0v) is 21.6. The van der Waals surface area contributed by atoms with Gasteiger partial charge in [-0.1, -0.05) is 35.9 Å². The fraction of sp³-hybridized carbons (Fsp3) is 0.214. The number of amides is 1. The largest absolute Gasteiger partial charge is 0.504 e. The van der Waals surface area contributed by atoms with E-state index in [0.717, 1.165) is 16.8 Å². The Balaban J connectivity index is 1.48. The molecule has 2 heterocycles. The Bertz CT molecular complexity index is 1530. The summed E-state index contributed by atoms with van der Waals surface area (Å²) in [5.41, 5.74) is 3.72. The van der Waals surface area contributed by atoms with Crippen LogP contribution in [0.15, 0.2) is 65.7 Å². The Morgan fingerprint density at radius 3 is 2.66 bits per heavy atom. The summed E-state index contributed by atoms with van der Waals surface area (Å²) in [6, 6.07) is 17.2. The number of hydrogen-bond donors (Lipinski definition) is 3. The molecule has 0 saturated carbocycles. The van der Waals surface area contributed by atoms with Crippen molar-refractivity contribution in [3.05, 3.63) is 94.0 Å². The first-order valence-corrected chi connectivity index (χ1v) is 12.4. The van der Waals surface area contributed by atoms with E-state index < -0.39 is 6.04 Å². The van der Waals surface area contributed by atoms with Crippen LogP contribution in [0, 0.1) is 6.92 Å². The monoisotopic (exact) mass is 531 g/mol. The number of benzene rings is 3. The van der Waals surface area contributed by atoms with Crippen molar-refractivity contribution in [1.29, 1.82) is 0 Å². The summed E-state index contributed by atoms with van der Waals surface area (Å²) in [7, 11) is 1.61. The number of phenolic OH excluding ortho intramolecular Hbond substituents is 2. The molecular weight excluding hydrogens is 506 g/mol. The molecule has 4 aromatic rings. The number of nitrogens with zero attached hydrogens (tertiary/aromatic N) is 4. The molecule has 38 heavy (non-hydrogen) atoms. The quantitative estimate of drug-likeness (QED) is 0.306. The van der Waals surface area contributed by atoms with Gasteiger partial charge in [0, 0.05) is 22.7 Å². The van der Waals surface area contributed by atoms with Crippen LogP contribution < -0.4 is 10.1 Å². The predicted molar refractivity (Wildman–Crippen MR) is 144 cm³/mol. The van der Waals surface area contributed by atoms with Gasteiger partial charge in [-0.05, 0) is 55.3 Å². The topological polar surface area (TPSA) is 122 Å². The molecule has 3 aromatic carbocycles. The molecule has 194 valence electrons. The van der Waals surface area contributed by atoms with Crippen LogP contribution >= 0.6 is 11.6 Å². The number of para-hydroxylation sites is 1. The van der Waals surface area contributed by atoms with Crippen LogP contribution in [0.2, 0.25) is 5.02 Å². The first-order chi connectivity index (χ1) is 18.4. The number of aryl methyl sites for hydroxylation is 1. The van der Waals surface area contributed by atoms with Gasteiger partial charge in [0.05, 0.1) is 24.9 Å². The first-order valence-electron chi connectivity index (χ1n) is 12.1. The van der Waals surface area contributed by atoms with Gasteiger partial charge >= 0.3 is 0 Å². The van der Waals surface area contributed by atoms with Gasteiger partial charge in [0.2, 0.25) is 5.91 Å². The number of carbonyl (C=O) groups excluding carboxylic acids is 1. The lowest BCUT2D eigenvalue weighted by Crippen LogP contribution is -2.27. The minimum absolute atomic E-state index is 0.0341. The Morgan fingerprint density at radius 1 is 1.11 bits per heavy atom. The SMILES string of the molecule is COc1ccc2c(c1)C(c1ccc(Cl)cc1)=N[C@@H](CC(=O)NCCc1cccc(O)c1O)c1nnc(C)n1-2. The molecular formula is C28H26ClN5O4. The molecule has 0 bridgehead atoms. The molecule has 1 aliphatic heterocycles. The maximum Gasteiger partial charge on any atom is 0.222 e. The number of aliphatic imine (C=N–C) groups is 1.